The lowest BCUT2D eigenvalue weighted by Gasteiger charge is -2.13. The van der Waals surface area contributed by atoms with Crippen molar-refractivity contribution in [3.63, 3.8) is 0 Å². The van der Waals surface area contributed by atoms with E-state index in [0.717, 1.165) is 11.6 Å². The molecule has 0 aliphatic heterocycles. The Kier molecular flexibility index (Phi) is 5.60. The van der Waals surface area contributed by atoms with Gasteiger partial charge in [0, 0.05) is 18.9 Å². The average Bonchev–Trinajstić information content (AvgIpc) is 3.15. The van der Waals surface area contributed by atoms with Crippen LogP contribution in [0.25, 0.3) is 5.82 Å². The van der Waals surface area contributed by atoms with Crippen LogP contribution < -0.4 is 10.1 Å². The number of rotatable bonds is 5. The van der Waals surface area contributed by atoms with E-state index in [1.54, 1.807) is 25.3 Å². The van der Waals surface area contributed by atoms with E-state index in [2.05, 4.69) is 10.3 Å². The first-order valence-electron chi connectivity index (χ1n) is 8.11. The van der Waals surface area contributed by atoms with Gasteiger partial charge in [0.15, 0.2) is 5.82 Å². The standard InChI is InChI=1S/C19H15ClF3N3O2/c1-28-14-6-4-12(5-7-14)10-25-18(27)16-3-2-8-26(16)17-15(20)9-13(11-24-17)19(21,22)23/h2-9,11H,10H2,1H3,(H,25,27). The summed E-state index contributed by atoms with van der Waals surface area (Å²) in [6, 6.07) is 11.1. The Balaban J connectivity index is 1.78. The first-order chi connectivity index (χ1) is 13.3. The summed E-state index contributed by atoms with van der Waals surface area (Å²) < 4.78 is 44.8. The third-order valence-corrected chi connectivity index (χ3v) is 4.25. The van der Waals surface area contributed by atoms with Crippen LogP contribution in [-0.2, 0) is 12.7 Å². The van der Waals surface area contributed by atoms with E-state index in [4.69, 9.17) is 16.3 Å². The third-order valence-electron chi connectivity index (χ3n) is 3.97. The molecule has 1 amide bonds. The van der Waals surface area contributed by atoms with Gasteiger partial charge in [-0.25, -0.2) is 4.98 Å². The van der Waals surface area contributed by atoms with Crippen LogP contribution >= 0.6 is 11.6 Å². The molecule has 0 saturated heterocycles. The number of hydrogen-bond donors (Lipinski definition) is 1. The number of methoxy groups -OCH3 is 1. The second-order valence-electron chi connectivity index (χ2n) is 5.82. The third kappa shape index (κ3) is 4.28. The smallest absolute Gasteiger partial charge is 0.417 e. The van der Waals surface area contributed by atoms with Crippen molar-refractivity contribution in [3.05, 3.63) is 76.7 Å². The molecule has 5 nitrogen and oxygen atoms in total. The van der Waals surface area contributed by atoms with E-state index in [0.29, 0.717) is 11.9 Å². The number of aromatic nitrogens is 2. The first kappa shape index (κ1) is 19.8. The number of hydrogen-bond acceptors (Lipinski definition) is 3. The summed E-state index contributed by atoms with van der Waals surface area (Å²) in [5.74, 6) is 0.319. The largest absolute Gasteiger partial charge is 0.497 e. The molecule has 28 heavy (non-hydrogen) atoms. The average molecular weight is 410 g/mol. The molecule has 0 atom stereocenters. The van der Waals surface area contributed by atoms with Crippen molar-refractivity contribution in [2.75, 3.05) is 7.11 Å². The second kappa shape index (κ2) is 7.93. The Labute approximate surface area is 163 Å². The minimum absolute atomic E-state index is 0.0364. The lowest BCUT2D eigenvalue weighted by molar-refractivity contribution is -0.137. The number of carbonyl (C=O) groups is 1. The maximum Gasteiger partial charge on any atom is 0.417 e. The normalized spacial score (nSPS) is 11.3. The molecule has 146 valence electrons. The molecule has 0 fully saturated rings. The summed E-state index contributed by atoms with van der Waals surface area (Å²) >= 11 is 5.98. The van der Waals surface area contributed by atoms with Crippen LogP contribution in [-0.4, -0.2) is 22.6 Å². The van der Waals surface area contributed by atoms with Gasteiger partial charge in [-0.2, -0.15) is 13.2 Å². The molecule has 2 aromatic heterocycles. The fourth-order valence-electron chi connectivity index (χ4n) is 2.53. The van der Waals surface area contributed by atoms with Crippen LogP contribution in [0.1, 0.15) is 21.6 Å². The summed E-state index contributed by atoms with van der Waals surface area (Å²) in [5.41, 5.74) is 0.0968. The number of halogens is 4. The predicted octanol–water partition coefficient (Wildman–Crippen LogP) is 4.48. The second-order valence-corrected chi connectivity index (χ2v) is 6.23. The molecule has 1 N–H and O–H groups in total. The number of pyridine rings is 1. The molecule has 1 aromatic carbocycles. The quantitative estimate of drug-likeness (QED) is 0.675. The Morgan fingerprint density at radius 3 is 2.57 bits per heavy atom. The summed E-state index contributed by atoms with van der Waals surface area (Å²) in [6.45, 7) is 0.266. The van der Waals surface area contributed by atoms with Gasteiger partial charge in [-0.15, -0.1) is 0 Å². The van der Waals surface area contributed by atoms with Crippen molar-refractivity contribution in [2.24, 2.45) is 0 Å². The number of ether oxygens (including phenoxy) is 1. The molecule has 0 aliphatic rings. The fourth-order valence-corrected chi connectivity index (χ4v) is 2.79. The van der Waals surface area contributed by atoms with Crippen LogP contribution in [0.4, 0.5) is 13.2 Å². The van der Waals surface area contributed by atoms with Crippen molar-refractivity contribution in [2.45, 2.75) is 12.7 Å². The molecule has 0 saturated carbocycles. The highest BCUT2D eigenvalue weighted by molar-refractivity contribution is 6.32. The van der Waals surface area contributed by atoms with E-state index >= 15 is 0 Å². The van der Waals surface area contributed by atoms with Gasteiger partial charge in [-0.3, -0.25) is 9.36 Å². The highest BCUT2D eigenvalue weighted by Gasteiger charge is 2.32. The Morgan fingerprint density at radius 2 is 1.96 bits per heavy atom. The predicted molar refractivity (Wildman–Crippen MR) is 97.7 cm³/mol. The lowest BCUT2D eigenvalue weighted by atomic mass is 10.2. The van der Waals surface area contributed by atoms with Gasteiger partial charge in [0.05, 0.1) is 17.7 Å². The summed E-state index contributed by atoms with van der Waals surface area (Å²) in [4.78, 5) is 16.3. The van der Waals surface area contributed by atoms with Gasteiger partial charge in [-0.05, 0) is 35.9 Å². The molecular weight excluding hydrogens is 395 g/mol. The molecule has 0 spiro atoms. The highest BCUT2D eigenvalue weighted by Crippen LogP contribution is 2.32. The fraction of sp³-hybridized carbons (Fsp3) is 0.158. The highest BCUT2D eigenvalue weighted by atomic mass is 35.5. The number of nitrogens with zero attached hydrogens (tertiary/aromatic N) is 2. The van der Waals surface area contributed by atoms with E-state index in [1.165, 1.54) is 16.8 Å². The number of amides is 1. The Bertz CT molecular complexity index is 985. The molecule has 0 radical (unpaired) electrons. The first-order valence-corrected chi connectivity index (χ1v) is 8.49. The Hall–Kier alpha value is -3.00. The van der Waals surface area contributed by atoms with Crippen LogP contribution in [0.2, 0.25) is 5.02 Å². The summed E-state index contributed by atoms with van der Waals surface area (Å²) in [5, 5.41) is 2.54. The molecule has 3 rings (SSSR count). The number of carbonyl (C=O) groups excluding carboxylic acids is 1. The zero-order chi connectivity index (χ0) is 20.3. The number of alkyl halides is 3. The van der Waals surface area contributed by atoms with Gasteiger partial charge in [0.25, 0.3) is 5.91 Å². The van der Waals surface area contributed by atoms with Gasteiger partial charge in [-0.1, -0.05) is 23.7 Å². The van der Waals surface area contributed by atoms with Gasteiger partial charge in [0.2, 0.25) is 0 Å². The topological polar surface area (TPSA) is 56.1 Å². The number of nitrogens with one attached hydrogen (secondary N) is 1. The molecule has 0 unspecified atom stereocenters. The van der Waals surface area contributed by atoms with Gasteiger partial charge in [0.1, 0.15) is 11.4 Å². The zero-order valence-electron chi connectivity index (χ0n) is 14.6. The van der Waals surface area contributed by atoms with Crippen LogP contribution in [0.3, 0.4) is 0 Å². The maximum absolute atomic E-state index is 12.8. The maximum atomic E-state index is 12.8. The minimum Gasteiger partial charge on any atom is -0.497 e. The van der Waals surface area contributed by atoms with E-state index in [-0.39, 0.29) is 23.1 Å². The van der Waals surface area contributed by atoms with E-state index < -0.39 is 17.6 Å². The van der Waals surface area contributed by atoms with Gasteiger partial charge < -0.3 is 10.1 Å². The molecule has 0 bridgehead atoms. The van der Waals surface area contributed by atoms with Crippen molar-refractivity contribution in [3.8, 4) is 11.6 Å². The molecule has 3 aromatic rings. The molecule has 0 aliphatic carbocycles. The number of benzene rings is 1. The van der Waals surface area contributed by atoms with Crippen molar-refractivity contribution < 1.29 is 22.7 Å². The zero-order valence-corrected chi connectivity index (χ0v) is 15.4. The van der Waals surface area contributed by atoms with Crippen LogP contribution in [0, 0.1) is 0 Å². The van der Waals surface area contributed by atoms with E-state index in [9.17, 15) is 18.0 Å². The minimum atomic E-state index is -4.55. The Morgan fingerprint density at radius 1 is 1.25 bits per heavy atom. The molecule has 9 heteroatoms. The summed E-state index contributed by atoms with van der Waals surface area (Å²) in [7, 11) is 1.56. The summed E-state index contributed by atoms with van der Waals surface area (Å²) in [6.07, 6.45) is -2.37. The van der Waals surface area contributed by atoms with Crippen molar-refractivity contribution in [1.82, 2.24) is 14.9 Å². The van der Waals surface area contributed by atoms with Crippen LogP contribution in [0.15, 0.2) is 54.9 Å². The van der Waals surface area contributed by atoms with E-state index in [1.807, 2.05) is 12.1 Å². The SMILES string of the molecule is COc1ccc(CNC(=O)c2cccn2-c2ncc(C(F)(F)F)cc2Cl)cc1. The van der Waals surface area contributed by atoms with Crippen LogP contribution in [0.5, 0.6) is 5.75 Å². The molecule has 2 heterocycles. The monoisotopic (exact) mass is 409 g/mol. The lowest BCUT2D eigenvalue weighted by Crippen LogP contribution is -2.25. The van der Waals surface area contributed by atoms with Crippen molar-refractivity contribution >= 4 is 17.5 Å². The van der Waals surface area contributed by atoms with Crippen molar-refractivity contribution in [1.29, 1.82) is 0 Å². The van der Waals surface area contributed by atoms with Gasteiger partial charge >= 0.3 is 6.18 Å². The molecular formula is C19H15ClF3N3O2.